The summed E-state index contributed by atoms with van der Waals surface area (Å²) in [6.07, 6.45) is 40.8. The van der Waals surface area contributed by atoms with Crippen molar-refractivity contribution in [1.29, 1.82) is 0 Å². The van der Waals surface area contributed by atoms with Crippen molar-refractivity contribution in [3.63, 3.8) is 0 Å². The number of hydrogen-bond acceptors (Lipinski definition) is 10. The monoisotopic (exact) mass is 972 g/mol. The molecule has 0 heterocycles. The lowest BCUT2D eigenvalue weighted by atomic mass is 10.0. The maximum Gasteiger partial charge on any atom is 0.328 e. The van der Waals surface area contributed by atoms with Crippen LogP contribution in [0.3, 0.4) is 0 Å². The molecule has 2 atom stereocenters. The first-order valence-electron chi connectivity index (χ1n) is 27.5. The maximum atomic E-state index is 13.5. The molecule has 0 spiro atoms. The van der Waals surface area contributed by atoms with Gasteiger partial charge in [0.1, 0.15) is 18.2 Å². The summed E-state index contributed by atoms with van der Waals surface area (Å²) in [5.41, 5.74) is 0. The van der Waals surface area contributed by atoms with Crippen molar-refractivity contribution >= 4 is 47.3 Å². The van der Waals surface area contributed by atoms with Gasteiger partial charge in [0, 0.05) is 19.4 Å². The lowest BCUT2D eigenvalue weighted by Gasteiger charge is -2.23. The lowest BCUT2D eigenvalue weighted by molar-refractivity contribution is -0.154. The van der Waals surface area contributed by atoms with Crippen LogP contribution in [0.4, 0.5) is 0 Å². The third kappa shape index (κ3) is 41.5. The maximum absolute atomic E-state index is 13.5. The molecule has 0 aromatic rings. The van der Waals surface area contributed by atoms with Crippen molar-refractivity contribution in [3.8, 4) is 0 Å². The summed E-state index contributed by atoms with van der Waals surface area (Å²) in [6, 6.07) is -1.18. The molecule has 2 unspecified atom stereocenters. The number of aliphatic hydroxyl groups is 1. The number of carbonyl (C=O) groups excluding carboxylic acids is 4. The number of amides is 2. The summed E-state index contributed by atoms with van der Waals surface area (Å²) in [7, 11) is 0. The molecular weight excluding hydrogens is 867 g/mol. The first-order valence-corrected chi connectivity index (χ1v) is 30.3. The molecule has 2 amide bonds. The summed E-state index contributed by atoms with van der Waals surface area (Å²) in [5.74, 6) is 0.846. The number of ether oxygens (including phenoxy) is 2. The highest BCUT2D eigenvalue weighted by molar-refractivity contribution is 7.98. The summed E-state index contributed by atoms with van der Waals surface area (Å²) in [5, 5.41) is 15.7. The zero-order valence-corrected chi connectivity index (χ0v) is 45.2. The van der Waals surface area contributed by atoms with Crippen LogP contribution >= 0.6 is 23.5 Å². The normalized spacial score (nSPS) is 12.4. The Balaban J connectivity index is 4.53. The van der Waals surface area contributed by atoms with Gasteiger partial charge in [-0.15, -0.1) is 0 Å². The van der Waals surface area contributed by atoms with E-state index in [0.29, 0.717) is 38.8 Å². The van der Waals surface area contributed by atoms with Crippen LogP contribution in [0.1, 0.15) is 245 Å². The van der Waals surface area contributed by atoms with Gasteiger partial charge >= 0.3 is 11.9 Å². The van der Waals surface area contributed by atoms with Crippen molar-refractivity contribution in [2.24, 2.45) is 0 Å². The minimum atomic E-state index is -0.590. The van der Waals surface area contributed by atoms with Crippen LogP contribution in [0.25, 0.3) is 0 Å². The molecule has 390 valence electrons. The third-order valence-corrected chi connectivity index (χ3v) is 14.0. The van der Waals surface area contributed by atoms with E-state index in [-0.39, 0.29) is 36.5 Å². The van der Waals surface area contributed by atoms with Crippen LogP contribution in [0.15, 0.2) is 0 Å². The number of thioether (sulfide) groups is 2. The van der Waals surface area contributed by atoms with Crippen molar-refractivity contribution in [1.82, 2.24) is 15.5 Å². The van der Waals surface area contributed by atoms with Crippen LogP contribution in [-0.4, -0.2) is 109 Å². The highest BCUT2D eigenvalue weighted by atomic mass is 32.2. The lowest BCUT2D eigenvalue weighted by Crippen LogP contribution is -2.43. The molecule has 0 aliphatic rings. The quantitative estimate of drug-likeness (QED) is 0.0399. The smallest absolute Gasteiger partial charge is 0.328 e. The Hall–Kier alpha value is -1.50. The average molecular weight is 973 g/mol. The molecule has 0 bridgehead atoms. The van der Waals surface area contributed by atoms with Gasteiger partial charge in [-0.3, -0.25) is 9.59 Å². The Kier molecular flexibility index (Phi) is 48.8. The summed E-state index contributed by atoms with van der Waals surface area (Å²) < 4.78 is 11.7. The van der Waals surface area contributed by atoms with Gasteiger partial charge in [0.2, 0.25) is 11.8 Å². The zero-order valence-electron chi connectivity index (χ0n) is 43.6. The van der Waals surface area contributed by atoms with Gasteiger partial charge in [-0.1, -0.05) is 162 Å². The van der Waals surface area contributed by atoms with E-state index in [9.17, 15) is 24.3 Å². The van der Waals surface area contributed by atoms with Gasteiger partial charge in [0.15, 0.2) is 0 Å². The number of hydrogen-bond donors (Lipinski definition) is 3. The Labute approximate surface area is 415 Å². The minimum absolute atomic E-state index is 0.0643. The number of unbranched alkanes of at least 4 members (excludes halogenated alkanes) is 24. The minimum Gasteiger partial charge on any atom is -0.464 e. The SMILES string of the molecule is CCCCCCCCCCCOC(=O)C(CCSC)NC(=O)CCCCCN(CCO)CCCCCCCC(=O)NC(CCSC)C(=O)OC(CCCCCCCC)CCCCCCCC. The number of aliphatic hydroxyl groups excluding tert-OH is 1. The first kappa shape index (κ1) is 64.5. The van der Waals surface area contributed by atoms with Crippen LogP contribution in [0.5, 0.6) is 0 Å². The molecule has 3 N–H and O–H groups in total. The second kappa shape index (κ2) is 49.9. The van der Waals surface area contributed by atoms with Gasteiger partial charge in [-0.25, -0.2) is 9.59 Å². The van der Waals surface area contributed by atoms with Crippen LogP contribution in [-0.2, 0) is 28.7 Å². The van der Waals surface area contributed by atoms with E-state index in [1.165, 1.54) is 109 Å². The molecule has 12 heteroatoms. The van der Waals surface area contributed by atoms with Crippen LogP contribution in [0.2, 0.25) is 0 Å². The summed E-state index contributed by atoms with van der Waals surface area (Å²) in [4.78, 5) is 54.4. The molecule has 0 aromatic heterocycles. The molecule has 0 fully saturated rings. The van der Waals surface area contributed by atoms with Gasteiger partial charge in [0.25, 0.3) is 0 Å². The highest BCUT2D eigenvalue weighted by Crippen LogP contribution is 2.19. The van der Waals surface area contributed by atoms with E-state index >= 15 is 0 Å². The molecule has 10 nitrogen and oxygen atoms in total. The molecule has 0 aromatic carbocycles. The van der Waals surface area contributed by atoms with Crippen LogP contribution < -0.4 is 10.6 Å². The molecule has 0 radical (unpaired) electrons. The highest BCUT2D eigenvalue weighted by Gasteiger charge is 2.25. The number of carbonyl (C=O) groups is 4. The molecule has 0 aliphatic carbocycles. The number of nitrogens with one attached hydrogen (secondary N) is 2. The zero-order chi connectivity index (χ0) is 48.6. The summed E-state index contributed by atoms with van der Waals surface area (Å²) >= 11 is 3.35. The van der Waals surface area contributed by atoms with Gasteiger partial charge in [0.05, 0.1) is 13.2 Å². The second-order valence-corrected chi connectivity index (χ2v) is 20.8. The Morgan fingerprint density at radius 2 is 0.848 bits per heavy atom. The molecule has 0 saturated heterocycles. The topological polar surface area (TPSA) is 134 Å². The van der Waals surface area contributed by atoms with E-state index in [0.717, 1.165) is 114 Å². The average Bonchev–Trinajstić information content (AvgIpc) is 3.31. The first-order chi connectivity index (χ1) is 32.3. The van der Waals surface area contributed by atoms with E-state index in [4.69, 9.17) is 9.47 Å². The van der Waals surface area contributed by atoms with Crippen LogP contribution in [0, 0.1) is 0 Å². The van der Waals surface area contributed by atoms with Crippen molar-refractivity contribution in [2.75, 3.05) is 56.9 Å². The van der Waals surface area contributed by atoms with Crippen molar-refractivity contribution < 1.29 is 33.8 Å². The van der Waals surface area contributed by atoms with E-state index in [1.54, 1.807) is 23.5 Å². The van der Waals surface area contributed by atoms with E-state index < -0.39 is 12.1 Å². The predicted octanol–water partition coefficient (Wildman–Crippen LogP) is 13.1. The standard InChI is InChI=1S/C54H105N3O7S2/c1-6-9-12-15-18-19-20-26-34-45-63-53(61)49(39-46-65-4)55-51(59)38-31-27-33-42-57(43-44-58)41-32-25-21-24-30-37-52(60)56-50(40-47-66-5)54(62)64-48(35-28-22-16-13-10-7-2)36-29-23-17-14-11-8-3/h48-50,58H,6-47H2,1-5H3,(H,55,59)(H,56,60). The fraction of sp³-hybridized carbons (Fsp3) is 0.926. The van der Waals surface area contributed by atoms with E-state index in [2.05, 4.69) is 36.3 Å². The van der Waals surface area contributed by atoms with E-state index in [1.807, 2.05) is 12.5 Å². The molecule has 0 saturated carbocycles. The molecule has 0 rings (SSSR count). The number of rotatable bonds is 51. The van der Waals surface area contributed by atoms with Gasteiger partial charge in [-0.2, -0.15) is 23.5 Å². The third-order valence-electron chi connectivity index (χ3n) is 12.7. The van der Waals surface area contributed by atoms with Gasteiger partial charge < -0.3 is 30.1 Å². The fourth-order valence-corrected chi connectivity index (χ4v) is 9.37. The Morgan fingerprint density at radius 3 is 1.29 bits per heavy atom. The Bertz CT molecular complexity index is 1100. The molecular formula is C54H105N3O7S2. The largest absolute Gasteiger partial charge is 0.464 e. The van der Waals surface area contributed by atoms with Gasteiger partial charge in [-0.05, 0) is 108 Å². The number of nitrogens with zero attached hydrogens (tertiary/aromatic N) is 1. The summed E-state index contributed by atoms with van der Waals surface area (Å²) in [6.45, 7) is 9.68. The van der Waals surface area contributed by atoms with Crippen molar-refractivity contribution in [3.05, 3.63) is 0 Å². The second-order valence-electron chi connectivity index (χ2n) is 18.9. The molecule has 0 aliphatic heterocycles. The number of esters is 2. The fourth-order valence-electron chi connectivity index (χ4n) is 8.43. The van der Waals surface area contributed by atoms with Crippen molar-refractivity contribution in [2.45, 2.75) is 264 Å². The Morgan fingerprint density at radius 1 is 0.470 bits per heavy atom. The predicted molar refractivity (Wildman–Crippen MR) is 284 cm³/mol. The molecule has 66 heavy (non-hydrogen) atoms.